The molecule has 2 heterocycles. The van der Waals surface area contributed by atoms with Crippen molar-refractivity contribution in [3.05, 3.63) is 36.4 Å². The number of imidazole rings is 1. The number of rotatable bonds is 5. The SMILES string of the molecule is CNc1cc(C(F)(F)F)cc(NCCn2ccnc2)n1. The average molecular weight is 285 g/mol. The van der Waals surface area contributed by atoms with Crippen molar-refractivity contribution in [2.24, 2.45) is 0 Å². The summed E-state index contributed by atoms with van der Waals surface area (Å²) in [5, 5.41) is 5.49. The number of nitrogens with zero attached hydrogens (tertiary/aromatic N) is 3. The van der Waals surface area contributed by atoms with Crippen LogP contribution in [0.3, 0.4) is 0 Å². The summed E-state index contributed by atoms with van der Waals surface area (Å²) in [7, 11) is 1.53. The van der Waals surface area contributed by atoms with Crippen molar-refractivity contribution in [2.75, 3.05) is 24.2 Å². The van der Waals surface area contributed by atoms with Gasteiger partial charge in [0.2, 0.25) is 0 Å². The molecular weight excluding hydrogens is 271 g/mol. The Bertz CT molecular complexity index is 551. The van der Waals surface area contributed by atoms with E-state index in [1.165, 1.54) is 7.05 Å². The van der Waals surface area contributed by atoms with Crippen LogP contribution in [0.25, 0.3) is 0 Å². The van der Waals surface area contributed by atoms with Crippen molar-refractivity contribution in [2.45, 2.75) is 12.7 Å². The second kappa shape index (κ2) is 5.81. The van der Waals surface area contributed by atoms with Crippen LogP contribution in [0.2, 0.25) is 0 Å². The zero-order chi connectivity index (χ0) is 14.6. The highest BCUT2D eigenvalue weighted by molar-refractivity contribution is 5.49. The van der Waals surface area contributed by atoms with E-state index in [1.54, 1.807) is 18.7 Å². The monoisotopic (exact) mass is 285 g/mol. The molecule has 0 radical (unpaired) electrons. The van der Waals surface area contributed by atoms with Gasteiger partial charge in [-0.15, -0.1) is 0 Å². The molecule has 0 aliphatic heterocycles. The highest BCUT2D eigenvalue weighted by atomic mass is 19.4. The van der Waals surface area contributed by atoms with Gasteiger partial charge in [0.25, 0.3) is 0 Å². The van der Waals surface area contributed by atoms with Crippen molar-refractivity contribution < 1.29 is 13.2 Å². The van der Waals surface area contributed by atoms with E-state index < -0.39 is 11.7 Å². The lowest BCUT2D eigenvalue weighted by Gasteiger charge is -2.12. The Morgan fingerprint density at radius 3 is 2.60 bits per heavy atom. The van der Waals surface area contributed by atoms with Gasteiger partial charge in [-0.1, -0.05) is 0 Å². The van der Waals surface area contributed by atoms with Gasteiger partial charge in [0, 0.05) is 32.5 Å². The number of alkyl halides is 3. The number of hydrogen-bond acceptors (Lipinski definition) is 4. The molecule has 0 amide bonds. The minimum Gasteiger partial charge on any atom is -0.373 e. The molecule has 108 valence electrons. The molecule has 0 saturated carbocycles. The van der Waals surface area contributed by atoms with Crippen LogP contribution in [0, 0.1) is 0 Å². The number of pyridine rings is 1. The Morgan fingerprint density at radius 1 is 1.25 bits per heavy atom. The van der Waals surface area contributed by atoms with Crippen molar-refractivity contribution >= 4 is 11.6 Å². The minimum absolute atomic E-state index is 0.171. The van der Waals surface area contributed by atoms with E-state index in [9.17, 15) is 13.2 Å². The summed E-state index contributed by atoms with van der Waals surface area (Å²) in [5.74, 6) is 0.356. The van der Waals surface area contributed by atoms with Crippen LogP contribution in [-0.2, 0) is 12.7 Å². The van der Waals surface area contributed by atoms with Crippen LogP contribution in [0.5, 0.6) is 0 Å². The van der Waals surface area contributed by atoms with Crippen LogP contribution in [0.15, 0.2) is 30.9 Å². The highest BCUT2D eigenvalue weighted by Crippen LogP contribution is 2.31. The van der Waals surface area contributed by atoms with Crippen molar-refractivity contribution in [1.82, 2.24) is 14.5 Å². The molecule has 0 aliphatic carbocycles. The molecule has 20 heavy (non-hydrogen) atoms. The lowest BCUT2D eigenvalue weighted by molar-refractivity contribution is -0.137. The quantitative estimate of drug-likeness (QED) is 0.886. The van der Waals surface area contributed by atoms with Gasteiger partial charge in [0.15, 0.2) is 0 Å². The lowest BCUT2D eigenvalue weighted by atomic mass is 10.2. The normalized spacial score (nSPS) is 11.4. The topological polar surface area (TPSA) is 54.8 Å². The van der Waals surface area contributed by atoms with E-state index >= 15 is 0 Å². The second-order valence-electron chi connectivity index (χ2n) is 4.10. The summed E-state index contributed by atoms with van der Waals surface area (Å²) >= 11 is 0. The lowest BCUT2D eigenvalue weighted by Crippen LogP contribution is -2.13. The van der Waals surface area contributed by atoms with Crippen LogP contribution < -0.4 is 10.6 Å². The van der Waals surface area contributed by atoms with E-state index in [0.29, 0.717) is 13.1 Å². The maximum atomic E-state index is 12.7. The van der Waals surface area contributed by atoms with Gasteiger partial charge in [0.1, 0.15) is 11.6 Å². The van der Waals surface area contributed by atoms with E-state index in [-0.39, 0.29) is 11.6 Å². The minimum atomic E-state index is -4.39. The molecule has 0 aliphatic rings. The molecule has 8 heteroatoms. The Morgan fingerprint density at radius 2 is 2.00 bits per heavy atom. The molecule has 2 rings (SSSR count). The largest absolute Gasteiger partial charge is 0.416 e. The molecular formula is C12H14F3N5. The summed E-state index contributed by atoms with van der Waals surface area (Å²) in [4.78, 5) is 7.92. The number of hydrogen-bond donors (Lipinski definition) is 2. The fourth-order valence-corrected chi connectivity index (χ4v) is 1.64. The smallest absolute Gasteiger partial charge is 0.373 e. The van der Waals surface area contributed by atoms with Crippen LogP contribution in [-0.4, -0.2) is 28.1 Å². The van der Waals surface area contributed by atoms with Gasteiger partial charge in [-0.05, 0) is 12.1 Å². The predicted octanol–water partition coefficient (Wildman–Crippen LogP) is 2.45. The van der Waals surface area contributed by atoms with Crippen LogP contribution in [0.4, 0.5) is 24.8 Å². The van der Waals surface area contributed by atoms with E-state index in [1.807, 2.05) is 4.57 Å². The first-order chi connectivity index (χ1) is 9.49. The number of aromatic nitrogens is 3. The Hall–Kier alpha value is -2.25. The van der Waals surface area contributed by atoms with E-state index in [2.05, 4.69) is 20.6 Å². The third kappa shape index (κ3) is 3.62. The highest BCUT2D eigenvalue weighted by Gasteiger charge is 2.31. The van der Waals surface area contributed by atoms with Gasteiger partial charge < -0.3 is 15.2 Å². The van der Waals surface area contributed by atoms with Crippen molar-refractivity contribution in [1.29, 1.82) is 0 Å². The first-order valence-electron chi connectivity index (χ1n) is 5.95. The molecule has 2 aromatic heterocycles. The molecule has 0 aromatic carbocycles. The summed E-state index contributed by atoms with van der Waals surface area (Å²) in [6, 6.07) is 1.97. The van der Waals surface area contributed by atoms with Crippen molar-refractivity contribution in [3.63, 3.8) is 0 Å². The maximum absolute atomic E-state index is 12.7. The molecule has 0 spiro atoms. The van der Waals surface area contributed by atoms with E-state index in [0.717, 1.165) is 12.1 Å². The van der Waals surface area contributed by atoms with Gasteiger partial charge in [-0.3, -0.25) is 0 Å². The first-order valence-corrected chi connectivity index (χ1v) is 5.95. The zero-order valence-electron chi connectivity index (χ0n) is 10.8. The molecule has 2 N–H and O–H groups in total. The fourth-order valence-electron chi connectivity index (χ4n) is 1.64. The van der Waals surface area contributed by atoms with Gasteiger partial charge in [0.05, 0.1) is 11.9 Å². The maximum Gasteiger partial charge on any atom is 0.416 e. The standard InChI is InChI=1S/C12H14F3N5/c1-16-10-6-9(12(13,14)15)7-11(19-10)18-3-5-20-4-2-17-8-20/h2,4,6-8H,3,5H2,1H3,(H2,16,18,19). The molecule has 5 nitrogen and oxygen atoms in total. The molecule has 0 fully saturated rings. The average Bonchev–Trinajstić information content (AvgIpc) is 2.90. The van der Waals surface area contributed by atoms with Crippen LogP contribution >= 0.6 is 0 Å². The van der Waals surface area contributed by atoms with Gasteiger partial charge in [-0.25, -0.2) is 9.97 Å². The Balaban J connectivity index is 2.06. The molecule has 0 atom stereocenters. The summed E-state index contributed by atoms with van der Waals surface area (Å²) < 4.78 is 40.0. The van der Waals surface area contributed by atoms with Gasteiger partial charge >= 0.3 is 6.18 Å². The molecule has 0 bridgehead atoms. The first kappa shape index (κ1) is 14.2. The Labute approximate surface area is 113 Å². The number of nitrogens with one attached hydrogen (secondary N) is 2. The van der Waals surface area contributed by atoms with Crippen molar-refractivity contribution in [3.8, 4) is 0 Å². The zero-order valence-corrected chi connectivity index (χ0v) is 10.8. The molecule has 2 aromatic rings. The molecule has 0 unspecified atom stereocenters. The van der Waals surface area contributed by atoms with Gasteiger partial charge in [-0.2, -0.15) is 13.2 Å². The summed E-state index contributed by atoms with van der Waals surface area (Å²) in [6.07, 6.45) is 0.664. The summed E-state index contributed by atoms with van der Waals surface area (Å²) in [6.45, 7) is 1.04. The fraction of sp³-hybridized carbons (Fsp3) is 0.333. The van der Waals surface area contributed by atoms with Crippen LogP contribution in [0.1, 0.15) is 5.56 Å². The number of anilines is 2. The number of halogens is 3. The van der Waals surface area contributed by atoms with E-state index in [4.69, 9.17) is 0 Å². The third-order valence-corrected chi connectivity index (χ3v) is 2.64. The Kier molecular flexibility index (Phi) is 4.11. The molecule has 0 saturated heterocycles. The third-order valence-electron chi connectivity index (χ3n) is 2.64. The second-order valence-corrected chi connectivity index (χ2v) is 4.10. The summed E-state index contributed by atoms with van der Waals surface area (Å²) in [5.41, 5.74) is -0.734. The predicted molar refractivity (Wildman–Crippen MR) is 69.5 cm³/mol.